The summed E-state index contributed by atoms with van der Waals surface area (Å²) in [5.74, 6) is 0. The van der Waals surface area contributed by atoms with E-state index in [2.05, 4.69) is 0 Å². The van der Waals surface area contributed by atoms with Crippen LogP contribution in [0.25, 0.3) is 21.9 Å². The first-order chi connectivity index (χ1) is 9.74. The normalized spacial score (nSPS) is 14.7. The predicted octanol–water partition coefficient (Wildman–Crippen LogP) is 3.53. The number of benzene rings is 1. The standard InChI is InChI=1S/C17H15NO2/c1-10-6-7-14-16(18-10)12-5-3-2-4-11(12)13-8-9-15(19)20-17(13)14/h6-9H,2-5H2,1H3. The molecule has 0 saturated heterocycles. The maximum absolute atomic E-state index is 11.6. The number of aryl methyl sites for hydroxylation is 3. The van der Waals surface area contributed by atoms with Crippen molar-refractivity contribution in [1.82, 2.24) is 4.98 Å². The van der Waals surface area contributed by atoms with Crippen LogP contribution in [0, 0.1) is 6.92 Å². The van der Waals surface area contributed by atoms with Gasteiger partial charge in [0.25, 0.3) is 0 Å². The van der Waals surface area contributed by atoms with Gasteiger partial charge in [0.1, 0.15) is 5.58 Å². The van der Waals surface area contributed by atoms with Crippen LogP contribution in [0.1, 0.15) is 29.7 Å². The number of fused-ring (bicyclic) bond motifs is 6. The number of hydrogen-bond acceptors (Lipinski definition) is 3. The zero-order valence-corrected chi connectivity index (χ0v) is 11.4. The quantitative estimate of drug-likeness (QED) is 0.461. The van der Waals surface area contributed by atoms with Crippen molar-refractivity contribution in [2.45, 2.75) is 32.6 Å². The monoisotopic (exact) mass is 265 g/mol. The van der Waals surface area contributed by atoms with Crippen LogP contribution in [-0.4, -0.2) is 4.98 Å². The van der Waals surface area contributed by atoms with Gasteiger partial charge in [-0.2, -0.15) is 0 Å². The molecule has 2 heterocycles. The van der Waals surface area contributed by atoms with Crippen molar-refractivity contribution in [3.8, 4) is 0 Å². The lowest BCUT2D eigenvalue weighted by Gasteiger charge is -2.19. The van der Waals surface area contributed by atoms with Crippen LogP contribution in [0.5, 0.6) is 0 Å². The third kappa shape index (κ3) is 1.59. The Labute approximate surface area is 116 Å². The zero-order valence-electron chi connectivity index (χ0n) is 11.4. The van der Waals surface area contributed by atoms with E-state index in [-0.39, 0.29) is 5.63 Å². The number of nitrogens with zero attached hydrogens (tertiary/aromatic N) is 1. The van der Waals surface area contributed by atoms with E-state index in [1.807, 2.05) is 25.1 Å². The second-order valence-electron chi connectivity index (χ2n) is 5.51. The van der Waals surface area contributed by atoms with E-state index in [0.29, 0.717) is 5.58 Å². The molecule has 2 aromatic heterocycles. The first kappa shape index (κ1) is 11.6. The molecular weight excluding hydrogens is 250 g/mol. The van der Waals surface area contributed by atoms with Crippen LogP contribution in [0.2, 0.25) is 0 Å². The maximum Gasteiger partial charge on any atom is 0.336 e. The molecule has 0 spiro atoms. The summed E-state index contributed by atoms with van der Waals surface area (Å²) in [6.07, 6.45) is 4.51. The van der Waals surface area contributed by atoms with Gasteiger partial charge in [-0.1, -0.05) is 0 Å². The molecule has 20 heavy (non-hydrogen) atoms. The lowest BCUT2D eigenvalue weighted by atomic mass is 9.87. The first-order valence-electron chi connectivity index (χ1n) is 7.09. The Hall–Kier alpha value is -2.16. The Kier molecular flexibility index (Phi) is 2.43. The molecule has 4 rings (SSSR count). The van der Waals surface area contributed by atoms with Gasteiger partial charge in [-0.05, 0) is 61.9 Å². The van der Waals surface area contributed by atoms with E-state index >= 15 is 0 Å². The van der Waals surface area contributed by atoms with Crippen molar-refractivity contribution in [1.29, 1.82) is 0 Å². The molecule has 1 aliphatic rings. The molecule has 0 bridgehead atoms. The Morgan fingerprint density at radius 3 is 2.60 bits per heavy atom. The highest BCUT2D eigenvalue weighted by molar-refractivity contribution is 6.06. The van der Waals surface area contributed by atoms with E-state index in [1.54, 1.807) is 0 Å². The molecule has 100 valence electrons. The van der Waals surface area contributed by atoms with E-state index < -0.39 is 0 Å². The van der Waals surface area contributed by atoms with E-state index in [9.17, 15) is 4.79 Å². The van der Waals surface area contributed by atoms with Gasteiger partial charge in [-0.25, -0.2) is 4.79 Å². The third-order valence-electron chi connectivity index (χ3n) is 4.19. The summed E-state index contributed by atoms with van der Waals surface area (Å²) in [5, 5.41) is 2.04. The average molecular weight is 265 g/mol. The summed E-state index contributed by atoms with van der Waals surface area (Å²) in [7, 11) is 0. The van der Waals surface area contributed by atoms with Crippen molar-refractivity contribution in [3.05, 3.63) is 51.5 Å². The summed E-state index contributed by atoms with van der Waals surface area (Å²) in [5.41, 5.74) is 5.08. The molecular formula is C17H15NO2. The Bertz CT molecular complexity index is 893. The largest absolute Gasteiger partial charge is 0.422 e. The molecule has 0 N–H and O–H groups in total. The van der Waals surface area contributed by atoms with Gasteiger partial charge in [0.2, 0.25) is 0 Å². The summed E-state index contributed by atoms with van der Waals surface area (Å²) < 4.78 is 5.49. The van der Waals surface area contributed by atoms with Crippen molar-refractivity contribution in [3.63, 3.8) is 0 Å². The minimum atomic E-state index is -0.296. The topological polar surface area (TPSA) is 43.1 Å². The number of hydrogen-bond donors (Lipinski definition) is 0. The second kappa shape index (κ2) is 4.17. The fraction of sp³-hybridized carbons (Fsp3) is 0.294. The minimum Gasteiger partial charge on any atom is -0.422 e. The maximum atomic E-state index is 11.6. The molecule has 0 saturated carbocycles. The summed E-state index contributed by atoms with van der Waals surface area (Å²) in [6, 6.07) is 7.43. The Morgan fingerprint density at radius 2 is 1.75 bits per heavy atom. The molecule has 1 aromatic carbocycles. The van der Waals surface area contributed by atoms with Crippen molar-refractivity contribution < 1.29 is 4.42 Å². The third-order valence-corrected chi connectivity index (χ3v) is 4.19. The number of aromatic nitrogens is 1. The first-order valence-corrected chi connectivity index (χ1v) is 7.09. The predicted molar refractivity (Wildman–Crippen MR) is 79.2 cm³/mol. The van der Waals surface area contributed by atoms with Gasteiger partial charge in [0.15, 0.2) is 0 Å². The summed E-state index contributed by atoms with van der Waals surface area (Å²) >= 11 is 0. The molecule has 3 aromatic rings. The van der Waals surface area contributed by atoms with Gasteiger partial charge in [-0.3, -0.25) is 4.98 Å². The van der Waals surface area contributed by atoms with Gasteiger partial charge in [0, 0.05) is 22.5 Å². The number of pyridine rings is 1. The molecule has 0 atom stereocenters. The number of rotatable bonds is 0. The Morgan fingerprint density at radius 1 is 1.00 bits per heavy atom. The van der Waals surface area contributed by atoms with Gasteiger partial charge in [0.05, 0.1) is 5.52 Å². The van der Waals surface area contributed by atoms with Gasteiger partial charge >= 0.3 is 5.63 Å². The molecule has 0 radical (unpaired) electrons. The molecule has 3 nitrogen and oxygen atoms in total. The van der Waals surface area contributed by atoms with E-state index in [4.69, 9.17) is 9.40 Å². The van der Waals surface area contributed by atoms with Gasteiger partial charge < -0.3 is 4.42 Å². The highest BCUT2D eigenvalue weighted by Gasteiger charge is 2.19. The summed E-state index contributed by atoms with van der Waals surface area (Å²) in [6.45, 7) is 2.00. The van der Waals surface area contributed by atoms with Crippen LogP contribution < -0.4 is 5.63 Å². The van der Waals surface area contributed by atoms with Gasteiger partial charge in [-0.15, -0.1) is 0 Å². The van der Waals surface area contributed by atoms with Crippen LogP contribution >= 0.6 is 0 Å². The molecule has 0 aliphatic heterocycles. The van der Waals surface area contributed by atoms with Crippen LogP contribution in [0.4, 0.5) is 0 Å². The Balaban J connectivity index is 2.28. The van der Waals surface area contributed by atoms with Crippen LogP contribution in [0.3, 0.4) is 0 Å². The molecule has 0 unspecified atom stereocenters. The van der Waals surface area contributed by atoms with Crippen LogP contribution in [-0.2, 0) is 12.8 Å². The lowest BCUT2D eigenvalue weighted by Crippen LogP contribution is -2.07. The van der Waals surface area contributed by atoms with Crippen LogP contribution in [0.15, 0.2) is 33.5 Å². The van der Waals surface area contributed by atoms with E-state index in [1.165, 1.54) is 30.0 Å². The second-order valence-corrected chi connectivity index (χ2v) is 5.51. The fourth-order valence-corrected chi connectivity index (χ4v) is 3.29. The minimum absolute atomic E-state index is 0.296. The molecule has 1 aliphatic carbocycles. The molecule has 0 fully saturated rings. The van der Waals surface area contributed by atoms with E-state index in [0.717, 1.165) is 34.8 Å². The zero-order chi connectivity index (χ0) is 13.7. The SMILES string of the molecule is Cc1ccc2c(n1)c1c(c3ccc(=O)oc32)CCCC1. The highest BCUT2D eigenvalue weighted by atomic mass is 16.4. The smallest absolute Gasteiger partial charge is 0.336 e. The molecule has 3 heteroatoms. The van der Waals surface area contributed by atoms with Crippen molar-refractivity contribution in [2.75, 3.05) is 0 Å². The molecule has 0 amide bonds. The van der Waals surface area contributed by atoms with Crippen molar-refractivity contribution >= 4 is 21.9 Å². The highest BCUT2D eigenvalue weighted by Crippen LogP contribution is 2.35. The average Bonchev–Trinajstić information content (AvgIpc) is 2.47. The fourth-order valence-electron chi connectivity index (χ4n) is 3.29. The van der Waals surface area contributed by atoms with Crippen molar-refractivity contribution in [2.24, 2.45) is 0 Å². The lowest BCUT2D eigenvalue weighted by molar-refractivity contribution is 0.563. The summed E-state index contributed by atoms with van der Waals surface area (Å²) in [4.78, 5) is 16.3.